The summed E-state index contributed by atoms with van der Waals surface area (Å²) in [6, 6.07) is 8.04. The fourth-order valence-electron chi connectivity index (χ4n) is 4.22. The number of fused-ring (bicyclic) bond motifs is 1. The molecule has 1 saturated heterocycles. The average Bonchev–Trinajstić information content (AvgIpc) is 3.45. The molecule has 5 rings (SSSR count). The molecule has 0 bridgehead atoms. The van der Waals surface area contributed by atoms with Gasteiger partial charge in [0.15, 0.2) is 5.82 Å². The number of rotatable bonds is 6. The average molecular weight is 448 g/mol. The van der Waals surface area contributed by atoms with E-state index < -0.39 is 0 Å². The molecule has 1 aliphatic rings. The zero-order chi connectivity index (χ0) is 22.9. The molecule has 0 aliphatic carbocycles. The number of likely N-dealkylation sites (N-methyl/N-ethyl adjacent to an activating group) is 1. The molecule has 1 aromatic carbocycles. The fourth-order valence-corrected chi connectivity index (χ4v) is 4.22. The Morgan fingerprint density at radius 3 is 2.52 bits per heavy atom. The van der Waals surface area contributed by atoms with Gasteiger partial charge in [-0.05, 0) is 43.7 Å². The molecular formula is C24H29N7O2. The molecule has 0 atom stereocenters. The van der Waals surface area contributed by atoms with Crippen LogP contribution in [0.4, 0.5) is 0 Å². The molecule has 0 spiro atoms. The van der Waals surface area contributed by atoms with Gasteiger partial charge in [-0.1, -0.05) is 24.2 Å². The molecule has 0 unspecified atom stereocenters. The van der Waals surface area contributed by atoms with Crippen LogP contribution in [0.25, 0.3) is 16.8 Å². The highest BCUT2D eigenvalue weighted by atomic mass is 16.5. The molecule has 4 heterocycles. The zero-order valence-corrected chi connectivity index (χ0v) is 19.4. The van der Waals surface area contributed by atoms with Crippen molar-refractivity contribution in [2.45, 2.75) is 33.9 Å². The number of aromatic nitrogens is 5. The van der Waals surface area contributed by atoms with Crippen LogP contribution in [-0.4, -0.2) is 66.8 Å². The molecule has 9 heteroatoms. The Morgan fingerprint density at radius 1 is 0.970 bits per heavy atom. The Hall–Kier alpha value is -3.30. The van der Waals surface area contributed by atoms with Crippen LogP contribution in [0.2, 0.25) is 0 Å². The number of hydrogen-bond acceptors (Lipinski definition) is 7. The van der Waals surface area contributed by atoms with Gasteiger partial charge in [-0.3, -0.25) is 9.69 Å². The molecule has 0 amide bonds. The van der Waals surface area contributed by atoms with Gasteiger partial charge in [0.25, 0.3) is 5.56 Å². The van der Waals surface area contributed by atoms with Gasteiger partial charge in [-0.2, -0.15) is 10.1 Å². The molecule has 33 heavy (non-hydrogen) atoms. The largest absolute Gasteiger partial charge is 0.338 e. The minimum absolute atomic E-state index is 0.137. The van der Waals surface area contributed by atoms with E-state index in [1.807, 2.05) is 12.1 Å². The normalized spacial score (nSPS) is 15.5. The van der Waals surface area contributed by atoms with Crippen LogP contribution in [0, 0.1) is 13.8 Å². The summed E-state index contributed by atoms with van der Waals surface area (Å²) in [4.78, 5) is 22.4. The van der Waals surface area contributed by atoms with E-state index in [1.54, 1.807) is 21.5 Å². The monoisotopic (exact) mass is 447 g/mol. The minimum atomic E-state index is -0.137. The maximum atomic E-state index is 13.1. The van der Waals surface area contributed by atoms with Crippen LogP contribution >= 0.6 is 0 Å². The van der Waals surface area contributed by atoms with Gasteiger partial charge in [0, 0.05) is 44.1 Å². The molecule has 172 valence electrons. The summed E-state index contributed by atoms with van der Waals surface area (Å²) in [5, 5.41) is 8.68. The zero-order valence-electron chi connectivity index (χ0n) is 19.4. The van der Waals surface area contributed by atoms with Crippen molar-refractivity contribution in [1.29, 1.82) is 0 Å². The van der Waals surface area contributed by atoms with Crippen LogP contribution in [0.1, 0.15) is 29.8 Å². The van der Waals surface area contributed by atoms with Crippen LogP contribution < -0.4 is 5.56 Å². The van der Waals surface area contributed by atoms with E-state index in [-0.39, 0.29) is 12.1 Å². The van der Waals surface area contributed by atoms with Gasteiger partial charge in [0.2, 0.25) is 5.89 Å². The molecule has 9 nitrogen and oxygen atoms in total. The van der Waals surface area contributed by atoms with Crippen LogP contribution in [0.3, 0.4) is 0 Å². The smallest absolute Gasteiger partial charge is 0.277 e. The maximum Gasteiger partial charge on any atom is 0.277 e. The lowest BCUT2D eigenvalue weighted by Crippen LogP contribution is -2.45. The van der Waals surface area contributed by atoms with Crippen molar-refractivity contribution in [3.63, 3.8) is 0 Å². The van der Waals surface area contributed by atoms with Crippen LogP contribution in [-0.2, 0) is 13.1 Å². The highest BCUT2D eigenvalue weighted by Crippen LogP contribution is 2.21. The predicted octanol–water partition coefficient (Wildman–Crippen LogP) is 2.35. The number of hydrogen-bond donors (Lipinski definition) is 0. The number of piperazine rings is 1. The van der Waals surface area contributed by atoms with Crippen molar-refractivity contribution in [2.75, 3.05) is 32.7 Å². The SMILES string of the molecule is CCN1CCN(Cc2nc(Cn3ccn4nc(-c5ccc(C)c(C)c5)cc4c3=O)no2)CC1. The minimum Gasteiger partial charge on any atom is -0.338 e. The van der Waals surface area contributed by atoms with E-state index in [9.17, 15) is 4.79 Å². The number of aryl methyl sites for hydroxylation is 2. The lowest BCUT2D eigenvalue weighted by molar-refractivity contribution is 0.121. The van der Waals surface area contributed by atoms with Gasteiger partial charge in [-0.25, -0.2) is 4.52 Å². The van der Waals surface area contributed by atoms with Crippen molar-refractivity contribution in [3.05, 3.63) is 69.9 Å². The molecule has 1 fully saturated rings. The standard InChI is InChI=1S/C24H29N7O2/c1-4-28-7-9-29(10-8-28)16-23-25-22(27-33-23)15-30-11-12-31-21(24(30)32)14-20(26-31)19-6-5-17(2)18(3)13-19/h5-6,11-14H,4,7-10,15-16H2,1-3H3. The summed E-state index contributed by atoms with van der Waals surface area (Å²) in [7, 11) is 0. The summed E-state index contributed by atoms with van der Waals surface area (Å²) in [6.45, 7) is 12.4. The van der Waals surface area contributed by atoms with E-state index in [2.05, 4.69) is 57.9 Å². The summed E-state index contributed by atoms with van der Waals surface area (Å²) >= 11 is 0. The number of benzene rings is 1. The van der Waals surface area contributed by atoms with Crippen LogP contribution in [0.15, 0.2) is 46.0 Å². The highest BCUT2D eigenvalue weighted by molar-refractivity contribution is 5.66. The third-order valence-electron chi connectivity index (χ3n) is 6.50. The molecule has 0 radical (unpaired) electrons. The Bertz CT molecular complexity index is 1330. The molecule has 4 aromatic rings. The van der Waals surface area contributed by atoms with E-state index in [1.165, 1.54) is 11.1 Å². The molecule has 3 aromatic heterocycles. The molecule has 0 N–H and O–H groups in total. The lowest BCUT2D eigenvalue weighted by Gasteiger charge is -2.33. The first kappa shape index (κ1) is 21.5. The van der Waals surface area contributed by atoms with Crippen molar-refractivity contribution in [2.24, 2.45) is 0 Å². The van der Waals surface area contributed by atoms with Gasteiger partial charge in [-0.15, -0.1) is 0 Å². The molecule has 0 saturated carbocycles. The third kappa shape index (κ3) is 4.46. The highest BCUT2D eigenvalue weighted by Gasteiger charge is 2.18. The summed E-state index contributed by atoms with van der Waals surface area (Å²) in [5.41, 5.74) is 4.58. The van der Waals surface area contributed by atoms with Crippen LogP contribution in [0.5, 0.6) is 0 Å². The first-order chi connectivity index (χ1) is 16.0. The first-order valence-corrected chi connectivity index (χ1v) is 11.4. The van der Waals surface area contributed by atoms with Crippen molar-refractivity contribution >= 4 is 5.52 Å². The topological polar surface area (TPSA) is 84.7 Å². The second-order valence-electron chi connectivity index (χ2n) is 8.70. The number of nitrogens with zero attached hydrogens (tertiary/aromatic N) is 7. The Labute approximate surface area is 192 Å². The fraction of sp³-hybridized carbons (Fsp3) is 0.417. The summed E-state index contributed by atoms with van der Waals surface area (Å²) in [5.74, 6) is 1.09. The second kappa shape index (κ2) is 8.92. The van der Waals surface area contributed by atoms with Crippen molar-refractivity contribution in [1.82, 2.24) is 34.1 Å². The Kier molecular flexibility index (Phi) is 5.82. The third-order valence-corrected chi connectivity index (χ3v) is 6.50. The van der Waals surface area contributed by atoms with Gasteiger partial charge in [0.1, 0.15) is 5.52 Å². The van der Waals surface area contributed by atoms with Crippen molar-refractivity contribution in [3.8, 4) is 11.3 Å². The van der Waals surface area contributed by atoms with Crippen molar-refractivity contribution < 1.29 is 4.52 Å². The quantitative estimate of drug-likeness (QED) is 0.449. The van der Waals surface area contributed by atoms with E-state index in [0.29, 0.717) is 23.8 Å². The Morgan fingerprint density at radius 2 is 1.76 bits per heavy atom. The van der Waals surface area contributed by atoms with E-state index in [4.69, 9.17) is 4.52 Å². The molecule has 1 aliphatic heterocycles. The molecular weight excluding hydrogens is 418 g/mol. The van der Waals surface area contributed by atoms with Gasteiger partial charge in [0.05, 0.1) is 18.8 Å². The lowest BCUT2D eigenvalue weighted by atomic mass is 10.0. The predicted molar refractivity (Wildman–Crippen MR) is 125 cm³/mol. The Balaban J connectivity index is 1.32. The second-order valence-corrected chi connectivity index (χ2v) is 8.70. The van der Waals surface area contributed by atoms with E-state index >= 15 is 0 Å². The maximum absolute atomic E-state index is 13.1. The van der Waals surface area contributed by atoms with E-state index in [0.717, 1.165) is 44.0 Å². The van der Waals surface area contributed by atoms with Gasteiger partial charge < -0.3 is 14.0 Å². The summed E-state index contributed by atoms with van der Waals surface area (Å²) < 4.78 is 8.67. The summed E-state index contributed by atoms with van der Waals surface area (Å²) in [6.07, 6.45) is 3.50. The first-order valence-electron chi connectivity index (χ1n) is 11.4. The van der Waals surface area contributed by atoms with Gasteiger partial charge >= 0.3 is 0 Å².